The standard InChI is InChI=1S/C15H20BrFO/c1-14(2)6-3-7-15(18,10-14)9-11-4-5-13(17)12(16)8-11/h4-5,8,18H,3,6-7,9-10H2,1-2H3. The summed E-state index contributed by atoms with van der Waals surface area (Å²) in [5.74, 6) is -0.255. The number of benzene rings is 1. The van der Waals surface area contributed by atoms with Gasteiger partial charge in [-0.2, -0.15) is 0 Å². The van der Waals surface area contributed by atoms with Crippen molar-refractivity contribution in [1.82, 2.24) is 0 Å². The molecule has 1 nitrogen and oxygen atoms in total. The first-order valence-corrected chi connectivity index (χ1v) is 7.25. The van der Waals surface area contributed by atoms with Gasteiger partial charge in [-0.1, -0.05) is 26.3 Å². The van der Waals surface area contributed by atoms with Gasteiger partial charge >= 0.3 is 0 Å². The number of hydrogen-bond donors (Lipinski definition) is 1. The van der Waals surface area contributed by atoms with E-state index in [1.54, 1.807) is 12.1 Å². The van der Waals surface area contributed by atoms with E-state index in [2.05, 4.69) is 29.8 Å². The average Bonchev–Trinajstić information content (AvgIpc) is 2.21. The van der Waals surface area contributed by atoms with Crippen molar-refractivity contribution in [3.05, 3.63) is 34.1 Å². The third-order valence-electron chi connectivity index (χ3n) is 3.82. The first-order valence-electron chi connectivity index (χ1n) is 6.46. The second kappa shape index (κ2) is 4.93. The van der Waals surface area contributed by atoms with E-state index in [1.165, 1.54) is 12.5 Å². The van der Waals surface area contributed by atoms with E-state index in [0.29, 0.717) is 10.9 Å². The minimum Gasteiger partial charge on any atom is -0.390 e. The Labute approximate surface area is 117 Å². The van der Waals surface area contributed by atoms with Gasteiger partial charge in [0.05, 0.1) is 10.1 Å². The lowest BCUT2D eigenvalue weighted by molar-refractivity contribution is -0.0382. The molecule has 0 saturated heterocycles. The highest BCUT2D eigenvalue weighted by Gasteiger charge is 2.38. The Bertz CT molecular complexity index is 444. The molecule has 1 aromatic rings. The lowest BCUT2D eigenvalue weighted by Gasteiger charge is -2.41. The fraction of sp³-hybridized carbons (Fsp3) is 0.600. The van der Waals surface area contributed by atoms with Crippen LogP contribution in [0.3, 0.4) is 0 Å². The number of rotatable bonds is 2. The lowest BCUT2D eigenvalue weighted by atomic mass is 9.68. The molecule has 0 spiro atoms. The van der Waals surface area contributed by atoms with Gasteiger partial charge in [-0.3, -0.25) is 0 Å². The van der Waals surface area contributed by atoms with Crippen LogP contribution in [0.2, 0.25) is 0 Å². The number of aliphatic hydroxyl groups is 1. The quantitative estimate of drug-likeness (QED) is 0.854. The van der Waals surface area contributed by atoms with Gasteiger partial charge < -0.3 is 5.11 Å². The van der Waals surface area contributed by atoms with Crippen LogP contribution in [0.4, 0.5) is 4.39 Å². The first kappa shape index (κ1) is 14.0. The minimum atomic E-state index is -0.640. The van der Waals surface area contributed by atoms with Crippen LogP contribution in [0.1, 0.15) is 45.1 Å². The van der Waals surface area contributed by atoms with Crippen molar-refractivity contribution >= 4 is 15.9 Å². The Morgan fingerprint density at radius 3 is 2.67 bits per heavy atom. The van der Waals surface area contributed by atoms with E-state index in [1.807, 2.05) is 0 Å². The van der Waals surface area contributed by atoms with Crippen LogP contribution in [0.5, 0.6) is 0 Å². The predicted molar refractivity (Wildman–Crippen MR) is 75.0 cm³/mol. The zero-order chi connectivity index (χ0) is 13.4. The predicted octanol–water partition coefficient (Wildman–Crippen LogP) is 4.46. The molecule has 0 heterocycles. The van der Waals surface area contributed by atoms with Crippen LogP contribution in [0, 0.1) is 11.2 Å². The highest BCUT2D eigenvalue weighted by atomic mass is 79.9. The number of halogens is 2. The summed E-state index contributed by atoms with van der Waals surface area (Å²) in [7, 11) is 0. The smallest absolute Gasteiger partial charge is 0.137 e. The van der Waals surface area contributed by atoms with Crippen LogP contribution in [-0.2, 0) is 6.42 Å². The van der Waals surface area contributed by atoms with Crippen molar-refractivity contribution in [2.24, 2.45) is 5.41 Å². The molecule has 1 saturated carbocycles. The fourth-order valence-electron chi connectivity index (χ4n) is 3.14. The average molecular weight is 315 g/mol. The molecule has 18 heavy (non-hydrogen) atoms. The largest absolute Gasteiger partial charge is 0.390 e. The molecule has 1 aliphatic carbocycles. The molecule has 2 rings (SSSR count). The van der Waals surface area contributed by atoms with Crippen molar-refractivity contribution in [3.63, 3.8) is 0 Å². The van der Waals surface area contributed by atoms with Crippen LogP contribution in [-0.4, -0.2) is 10.7 Å². The van der Waals surface area contributed by atoms with Crippen LogP contribution in [0.25, 0.3) is 0 Å². The summed E-state index contributed by atoms with van der Waals surface area (Å²) < 4.78 is 13.7. The maximum absolute atomic E-state index is 13.2. The Kier molecular flexibility index (Phi) is 3.84. The van der Waals surface area contributed by atoms with Gasteiger partial charge in [0, 0.05) is 6.42 Å². The SMILES string of the molecule is CC1(C)CCCC(O)(Cc2ccc(F)c(Br)c2)C1. The van der Waals surface area contributed by atoms with E-state index < -0.39 is 5.60 Å². The Morgan fingerprint density at radius 2 is 2.06 bits per heavy atom. The van der Waals surface area contributed by atoms with Crippen molar-refractivity contribution in [2.75, 3.05) is 0 Å². The van der Waals surface area contributed by atoms with Gasteiger partial charge in [-0.15, -0.1) is 0 Å². The Hall–Kier alpha value is -0.410. The van der Waals surface area contributed by atoms with Gasteiger partial charge in [-0.05, 0) is 58.3 Å². The summed E-state index contributed by atoms with van der Waals surface area (Å²) >= 11 is 3.19. The monoisotopic (exact) mass is 314 g/mol. The molecule has 0 amide bonds. The highest BCUT2D eigenvalue weighted by molar-refractivity contribution is 9.10. The summed E-state index contributed by atoms with van der Waals surface area (Å²) in [6.45, 7) is 4.41. The van der Waals surface area contributed by atoms with Crippen molar-refractivity contribution in [3.8, 4) is 0 Å². The minimum absolute atomic E-state index is 0.199. The molecule has 100 valence electrons. The Morgan fingerprint density at radius 1 is 1.33 bits per heavy atom. The summed E-state index contributed by atoms with van der Waals surface area (Å²) in [5.41, 5.74) is 0.548. The molecule has 1 aromatic carbocycles. The number of hydrogen-bond acceptors (Lipinski definition) is 1. The van der Waals surface area contributed by atoms with Gasteiger partial charge in [0.1, 0.15) is 5.82 Å². The fourth-order valence-corrected chi connectivity index (χ4v) is 3.57. The van der Waals surface area contributed by atoms with Gasteiger partial charge in [0.15, 0.2) is 0 Å². The highest BCUT2D eigenvalue weighted by Crippen LogP contribution is 2.42. The molecule has 1 unspecified atom stereocenters. The molecule has 0 aliphatic heterocycles. The van der Waals surface area contributed by atoms with E-state index >= 15 is 0 Å². The first-order chi connectivity index (χ1) is 8.30. The molecule has 0 radical (unpaired) electrons. The second-order valence-electron chi connectivity index (χ2n) is 6.34. The van der Waals surface area contributed by atoms with Crippen LogP contribution < -0.4 is 0 Å². The summed E-state index contributed by atoms with van der Waals surface area (Å²) in [6, 6.07) is 4.99. The van der Waals surface area contributed by atoms with Crippen molar-refractivity contribution in [2.45, 2.75) is 51.6 Å². The van der Waals surface area contributed by atoms with Crippen molar-refractivity contribution in [1.29, 1.82) is 0 Å². The summed E-state index contributed by atoms with van der Waals surface area (Å²) in [4.78, 5) is 0. The molecule has 1 N–H and O–H groups in total. The van der Waals surface area contributed by atoms with Gasteiger partial charge in [-0.25, -0.2) is 4.39 Å². The second-order valence-corrected chi connectivity index (χ2v) is 7.20. The van der Waals surface area contributed by atoms with Gasteiger partial charge in [0.2, 0.25) is 0 Å². The topological polar surface area (TPSA) is 20.2 Å². The lowest BCUT2D eigenvalue weighted by Crippen LogP contribution is -2.40. The molecule has 0 aromatic heterocycles. The molecular weight excluding hydrogens is 295 g/mol. The molecule has 3 heteroatoms. The molecule has 0 bridgehead atoms. The zero-order valence-corrected chi connectivity index (χ0v) is 12.6. The molecule has 1 atom stereocenters. The maximum atomic E-state index is 13.2. The molecule has 1 aliphatic rings. The van der Waals surface area contributed by atoms with Gasteiger partial charge in [0.25, 0.3) is 0 Å². The zero-order valence-electron chi connectivity index (χ0n) is 11.0. The van der Waals surface area contributed by atoms with Crippen LogP contribution >= 0.6 is 15.9 Å². The van der Waals surface area contributed by atoms with E-state index in [4.69, 9.17) is 0 Å². The van der Waals surface area contributed by atoms with E-state index in [9.17, 15) is 9.50 Å². The third kappa shape index (κ3) is 3.33. The maximum Gasteiger partial charge on any atom is 0.137 e. The summed E-state index contributed by atoms with van der Waals surface area (Å²) in [6.07, 6.45) is 4.49. The normalized spacial score (nSPS) is 27.2. The molecule has 1 fully saturated rings. The Balaban J connectivity index is 2.14. The van der Waals surface area contributed by atoms with Crippen molar-refractivity contribution < 1.29 is 9.50 Å². The van der Waals surface area contributed by atoms with Crippen LogP contribution in [0.15, 0.2) is 22.7 Å². The molecular formula is C15H20BrFO. The van der Waals surface area contributed by atoms with E-state index in [0.717, 1.165) is 24.8 Å². The third-order valence-corrected chi connectivity index (χ3v) is 4.43. The summed E-state index contributed by atoms with van der Waals surface area (Å²) in [5, 5.41) is 10.7. The van der Waals surface area contributed by atoms with E-state index in [-0.39, 0.29) is 11.2 Å².